The predicted octanol–water partition coefficient (Wildman–Crippen LogP) is 2.90. The molecule has 14 heavy (non-hydrogen) atoms. The average molecular weight is 193 g/mol. The van der Waals surface area contributed by atoms with Gasteiger partial charge in [-0.15, -0.1) is 0 Å². The molecule has 2 N–H and O–H groups in total. The highest BCUT2D eigenvalue weighted by Gasteiger charge is 2.39. The van der Waals surface area contributed by atoms with Crippen molar-refractivity contribution < 1.29 is 4.39 Å². The summed E-state index contributed by atoms with van der Waals surface area (Å²) < 4.78 is 13.6. The summed E-state index contributed by atoms with van der Waals surface area (Å²) in [5, 5.41) is 0. The summed E-state index contributed by atoms with van der Waals surface area (Å²) >= 11 is 0. The third kappa shape index (κ3) is 1.55. The molecule has 1 saturated carbocycles. The molecule has 1 unspecified atom stereocenters. The quantitative estimate of drug-likeness (QED) is 0.767. The fraction of sp³-hybridized carbons (Fsp3) is 0.500. The van der Waals surface area contributed by atoms with Gasteiger partial charge in [0.2, 0.25) is 0 Å². The second-order valence-electron chi connectivity index (χ2n) is 4.59. The molecule has 0 aliphatic heterocycles. The van der Waals surface area contributed by atoms with E-state index < -0.39 is 0 Å². The number of halogens is 1. The van der Waals surface area contributed by atoms with Gasteiger partial charge < -0.3 is 5.73 Å². The average Bonchev–Trinajstić information content (AvgIpc) is 2.84. The Hall–Kier alpha value is -0.890. The SMILES string of the molecule is CC(N)c1ccc(C2(C)CC2)cc1F. The van der Waals surface area contributed by atoms with Crippen molar-refractivity contribution in [3.05, 3.63) is 35.1 Å². The van der Waals surface area contributed by atoms with Gasteiger partial charge in [0, 0.05) is 11.6 Å². The monoisotopic (exact) mass is 193 g/mol. The first kappa shape index (κ1) is 9.66. The summed E-state index contributed by atoms with van der Waals surface area (Å²) in [5.41, 5.74) is 7.60. The van der Waals surface area contributed by atoms with Crippen LogP contribution in [0.1, 0.15) is 43.9 Å². The number of hydrogen-bond donors (Lipinski definition) is 1. The minimum absolute atomic E-state index is 0.161. The highest BCUT2D eigenvalue weighted by molar-refractivity contribution is 5.34. The van der Waals surface area contributed by atoms with Gasteiger partial charge in [0.25, 0.3) is 0 Å². The fourth-order valence-electron chi connectivity index (χ4n) is 1.75. The van der Waals surface area contributed by atoms with Crippen molar-refractivity contribution in [3.8, 4) is 0 Å². The van der Waals surface area contributed by atoms with Crippen LogP contribution < -0.4 is 5.73 Å². The molecule has 2 rings (SSSR count). The first-order valence-electron chi connectivity index (χ1n) is 5.08. The van der Waals surface area contributed by atoms with E-state index in [9.17, 15) is 4.39 Å². The fourth-order valence-corrected chi connectivity index (χ4v) is 1.75. The summed E-state index contributed by atoms with van der Waals surface area (Å²) in [4.78, 5) is 0. The number of benzene rings is 1. The van der Waals surface area contributed by atoms with Gasteiger partial charge in [0.05, 0.1) is 0 Å². The lowest BCUT2D eigenvalue weighted by Gasteiger charge is -2.12. The van der Waals surface area contributed by atoms with E-state index in [2.05, 4.69) is 6.92 Å². The second-order valence-corrected chi connectivity index (χ2v) is 4.59. The Kier molecular flexibility index (Phi) is 2.11. The maximum atomic E-state index is 13.6. The first-order valence-corrected chi connectivity index (χ1v) is 5.08. The molecule has 1 atom stereocenters. The van der Waals surface area contributed by atoms with Crippen LogP contribution in [-0.4, -0.2) is 0 Å². The van der Waals surface area contributed by atoms with Crippen LogP contribution in [0.2, 0.25) is 0 Å². The van der Waals surface area contributed by atoms with Crippen LogP contribution in [0.15, 0.2) is 18.2 Å². The van der Waals surface area contributed by atoms with E-state index in [1.807, 2.05) is 12.1 Å². The van der Waals surface area contributed by atoms with E-state index in [4.69, 9.17) is 5.73 Å². The Morgan fingerprint density at radius 2 is 2.07 bits per heavy atom. The Labute approximate surface area is 84.1 Å². The lowest BCUT2D eigenvalue weighted by atomic mass is 9.95. The van der Waals surface area contributed by atoms with Crippen LogP contribution in [0.25, 0.3) is 0 Å². The van der Waals surface area contributed by atoms with E-state index in [1.54, 1.807) is 13.0 Å². The van der Waals surface area contributed by atoms with E-state index in [0.29, 0.717) is 5.56 Å². The molecule has 0 bridgehead atoms. The van der Waals surface area contributed by atoms with E-state index in [1.165, 1.54) is 12.8 Å². The molecule has 0 spiro atoms. The van der Waals surface area contributed by atoms with Crippen molar-refractivity contribution in [2.75, 3.05) is 0 Å². The summed E-state index contributed by atoms with van der Waals surface area (Å²) in [6.45, 7) is 3.98. The smallest absolute Gasteiger partial charge is 0.128 e. The maximum absolute atomic E-state index is 13.6. The number of rotatable bonds is 2. The minimum Gasteiger partial charge on any atom is -0.324 e. The molecule has 1 fully saturated rings. The molecular weight excluding hydrogens is 177 g/mol. The van der Waals surface area contributed by atoms with Gasteiger partial charge in [-0.1, -0.05) is 19.1 Å². The first-order chi connectivity index (χ1) is 6.53. The third-order valence-corrected chi connectivity index (χ3v) is 3.19. The minimum atomic E-state index is -0.226. The van der Waals surface area contributed by atoms with Crippen LogP contribution in [0.3, 0.4) is 0 Å². The van der Waals surface area contributed by atoms with Crippen molar-refractivity contribution in [2.45, 2.75) is 38.1 Å². The Morgan fingerprint density at radius 1 is 1.43 bits per heavy atom. The Morgan fingerprint density at radius 3 is 2.50 bits per heavy atom. The van der Waals surface area contributed by atoms with Gasteiger partial charge in [-0.25, -0.2) is 4.39 Å². The van der Waals surface area contributed by atoms with E-state index in [-0.39, 0.29) is 17.3 Å². The molecule has 76 valence electrons. The van der Waals surface area contributed by atoms with Gasteiger partial charge in [-0.2, -0.15) is 0 Å². The van der Waals surface area contributed by atoms with Crippen molar-refractivity contribution >= 4 is 0 Å². The van der Waals surface area contributed by atoms with Gasteiger partial charge in [-0.05, 0) is 36.8 Å². The number of hydrogen-bond acceptors (Lipinski definition) is 1. The molecule has 1 aromatic carbocycles. The van der Waals surface area contributed by atoms with Crippen LogP contribution >= 0.6 is 0 Å². The molecule has 0 aromatic heterocycles. The molecule has 0 amide bonds. The standard InChI is InChI=1S/C12H16FN/c1-8(14)10-4-3-9(7-11(10)13)12(2)5-6-12/h3-4,7-8H,5-6,14H2,1-2H3. The Bertz CT molecular complexity index is 353. The molecule has 1 aliphatic rings. The van der Waals surface area contributed by atoms with Crippen LogP contribution in [0.5, 0.6) is 0 Å². The zero-order valence-corrected chi connectivity index (χ0v) is 8.68. The summed E-state index contributed by atoms with van der Waals surface area (Å²) in [5.74, 6) is -0.161. The molecule has 2 heteroatoms. The zero-order chi connectivity index (χ0) is 10.3. The van der Waals surface area contributed by atoms with Crippen LogP contribution in [0, 0.1) is 5.82 Å². The summed E-state index contributed by atoms with van der Waals surface area (Å²) in [6.07, 6.45) is 2.34. The number of nitrogens with two attached hydrogens (primary N) is 1. The van der Waals surface area contributed by atoms with Crippen LogP contribution in [0.4, 0.5) is 4.39 Å². The van der Waals surface area contributed by atoms with Gasteiger partial charge >= 0.3 is 0 Å². The normalized spacial score (nSPS) is 20.6. The largest absolute Gasteiger partial charge is 0.324 e. The molecule has 0 heterocycles. The molecule has 0 radical (unpaired) electrons. The lowest BCUT2D eigenvalue weighted by molar-refractivity contribution is 0.588. The van der Waals surface area contributed by atoms with Gasteiger partial charge in [0.1, 0.15) is 5.82 Å². The maximum Gasteiger partial charge on any atom is 0.128 e. The molecule has 0 saturated heterocycles. The van der Waals surface area contributed by atoms with Gasteiger partial charge in [0.15, 0.2) is 0 Å². The lowest BCUT2D eigenvalue weighted by Crippen LogP contribution is -2.09. The zero-order valence-electron chi connectivity index (χ0n) is 8.68. The van der Waals surface area contributed by atoms with Crippen molar-refractivity contribution in [3.63, 3.8) is 0 Å². The molecular formula is C12H16FN. The highest BCUT2D eigenvalue weighted by atomic mass is 19.1. The molecule has 1 aliphatic carbocycles. The van der Waals surface area contributed by atoms with Crippen molar-refractivity contribution in [2.24, 2.45) is 5.73 Å². The Balaban J connectivity index is 2.36. The van der Waals surface area contributed by atoms with Gasteiger partial charge in [-0.3, -0.25) is 0 Å². The predicted molar refractivity (Wildman–Crippen MR) is 55.6 cm³/mol. The van der Waals surface area contributed by atoms with E-state index >= 15 is 0 Å². The molecule has 1 nitrogen and oxygen atoms in total. The van der Waals surface area contributed by atoms with E-state index in [0.717, 1.165) is 5.56 Å². The van der Waals surface area contributed by atoms with Crippen LogP contribution in [-0.2, 0) is 5.41 Å². The topological polar surface area (TPSA) is 26.0 Å². The summed E-state index contributed by atoms with van der Waals surface area (Å²) in [6, 6.07) is 5.25. The van der Waals surface area contributed by atoms with Crippen molar-refractivity contribution in [1.82, 2.24) is 0 Å². The highest BCUT2D eigenvalue weighted by Crippen LogP contribution is 2.47. The summed E-state index contributed by atoms with van der Waals surface area (Å²) in [7, 11) is 0. The van der Waals surface area contributed by atoms with Crippen molar-refractivity contribution in [1.29, 1.82) is 0 Å². The third-order valence-electron chi connectivity index (χ3n) is 3.19. The molecule has 1 aromatic rings. The second kappa shape index (κ2) is 3.06.